The molecule has 0 radical (unpaired) electrons. The smallest absolute Gasteiger partial charge is 0.261 e. The van der Waals surface area contributed by atoms with Gasteiger partial charge in [-0.2, -0.15) is 0 Å². The quantitative estimate of drug-likeness (QED) is 0.801. The highest BCUT2D eigenvalue weighted by Crippen LogP contribution is 2.22. The molecule has 1 N–H and O–H groups in total. The minimum atomic E-state index is -3.83. The van der Waals surface area contributed by atoms with E-state index in [1.165, 1.54) is 24.6 Å². The summed E-state index contributed by atoms with van der Waals surface area (Å²) in [5.74, 6) is -0.0249. The highest BCUT2D eigenvalue weighted by molar-refractivity contribution is 7.92. The van der Waals surface area contributed by atoms with E-state index < -0.39 is 15.8 Å². The Kier molecular flexibility index (Phi) is 3.64. The van der Waals surface area contributed by atoms with E-state index in [4.69, 9.17) is 4.42 Å². The van der Waals surface area contributed by atoms with E-state index >= 15 is 0 Å². The minimum Gasteiger partial charge on any atom is -0.444 e. The molecule has 0 bridgehead atoms. The molecular formula is C15H11FN2O3S. The van der Waals surface area contributed by atoms with Gasteiger partial charge < -0.3 is 4.42 Å². The van der Waals surface area contributed by atoms with Gasteiger partial charge in [-0.25, -0.2) is 17.8 Å². The molecule has 112 valence electrons. The van der Waals surface area contributed by atoms with Crippen molar-refractivity contribution in [2.24, 2.45) is 0 Å². The van der Waals surface area contributed by atoms with E-state index in [0.29, 0.717) is 11.4 Å². The third kappa shape index (κ3) is 2.99. The lowest BCUT2D eigenvalue weighted by molar-refractivity contribution is 0.572. The first-order valence-corrected chi connectivity index (χ1v) is 7.80. The van der Waals surface area contributed by atoms with Gasteiger partial charge in [-0.3, -0.25) is 4.72 Å². The molecule has 0 amide bonds. The first-order chi connectivity index (χ1) is 10.5. The summed E-state index contributed by atoms with van der Waals surface area (Å²) in [6.07, 6.45) is 2.88. The number of sulfonamides is 1. The van der Waals surface area contributed by atoms with E-state index in [2.05, 4.69) is 9.71 Å². The van der Waals surface area contributed by atoms with Crippen LogP contribution in [0.25, 0.3) is 11.3 Å². The zero-order chi connectivity index (χ0) is 15.6. The number of nitrogens with one attached hydrogen (secondary N) is 1. The van der Waals surface area contributed by atoms with Gasteiger partial charge in [0.25, 0.3) is 10.0 Å². The standard InChI is InChI=1S/C15H11FN2O3S/c16-12-2-1-3-14(8-12)22(19,20)18-13-6-4-11(5-7-13)15-9-17-10-21-15/h1-10,18H. The largest absolute Gasteiger partial charge is 0.444 e. The number of halogens is 1. The Morgan fingerprint density at radius 2 is 1.86 bits per heavy atom. The Hall–Kier alpha value is -2.67. The fourth-order valence-electron chi connectivity index (χ4n) is 1.91. The molecule has 2 aromatic carbocycles. The van der Waals surface area contributed by atoms with Crippen LogP contribution in [0.1, 0.15) is 0 Å². The molecule has 3 aromatic rings. The zero-order valence-electron chi connectivity index (χ0n) is 11.2. The van der Waals surface area contributed by atoms with Crippen LogP contribution in [-0.4, -0.2) is 13.4 Å². The van der Waals surface area contributed by atoms with Crippen LogP contribution in [0.2, 0.25) is 0 Å². The number of benzene rings is 2. The Morgan fingerprint density at radius 3 is 2.50 bits per heavy atom. The molecule has 0 spiro atoms. The van der Waals surface area contributed by atoms with Crippen molar-refractivity contribution >= 4 is 15.7 Å². The second-order valence-corrected chi connectivity index (χ2v) is 6.19. The normalized spacial score (nSPS) is 11.3. The van der Waals surface area contributed by atoms with Gasteiger partial charge in [-0.15, -0.1) is 0 Å². The molecular weight excluding hydrogens is 307 g/mol. The van der Waals surface area contributed by atoms with Crippen LogP contribution < -0.4 is 4.72 Å². The molecule has 1 aromatic heterocycles. The summed E-state index contributed by atoms with van der Waals surface area (Å²) in [5, 5.41) is 0. The topological polar surface area (TPSA) is 72.2 Å². The predicted octanol–water partition coefficient (Wildman–Crippen LogP) is 3.28. The molecule has 0 aliphatic heterocycles. The molecule has 0 aliphatic rings. The van der Waals surface area contributed by atoms with Gasteiger partial charge in [0.2, 0.25) is 0 Å². The predicted molar refractivity (Wildman–Crippen MR) is 79.1 cm³/mol. The number of rotatable bonds is 4. The first kappa shape index (κ1) is 14.3. The number of hydrogen-bond acceptors (Lipinski definition) is 4. The third-order valence-corrected chi connectivity index (χ3v) is 4.34. The molecule has 22 heavy (non-hydrogen) atoms. The molecule has 0 saturated heterocycles. The van der Waals surface area contributed by atoms with Crippen LogP contribution in [-0.2, 0) is 10.0 Å². The number of anilines is 1. The van der Waals surface area contributed by atoms with Crippen molar-refractivity contribution in [1.82, 2.24) is 4.98 Å². The summed E-state index contributed by atoms with van der Waals surface area (Å²) in [7, 11) is -3.83. The lowest BCUT2D eigenvalue weighted by atomic mass is 10.2. The van der Waals surface area contributed by atoms with Crippen LogP contribution in [0.3, 0.4) is 0 Å². The maximum absolute atomic E-state index is 13.1. The van der Waals surface area contributed by atoms with Crippen molar-refractivity contribution in [2.45, 2.75) is 4.90 Å². The van der Waals surface area contributed by atoms with Gasteiger partial charge in [0, 0.05) is 11.3 Å². The van der Waals surface area contributed by atoms with Crippen LogP contribution >= 0.6 is 0 Å². The monoisotopic (exact) mass is 318 g/mol. The van der Waals surface area contributed by atoms with Crippen molar-refractivity contribution < 1.29 is 17.2 Å². The van der Waals surface area contributed by atoms with Crippen LogP contribution in [0.5, 0.6) is 0 Å². The molecule has 3 rings (SSSR count). The molecule has 0 aliphatic carbocycles. The van der Waals surface area contributed by atoms with Gasteiger partial charge in [0.15, 0.2) is 12.2 Å². The summed E-state index contributed by atoms with van der Waals surface area (Å²) < 4.78 is 45.0. The Morgan fingerprint density at radius 1 is 1.09 bits per heavy atom. The highest BCUT2D eigenvalue weighted by Gasteiger charge is 2.14. The van der Waals surface area contributed by atoms with Gasteiger partial charge in [0.1, 0.15) is 5.82 Å². The van der Waals surface area contributed by atoms with E-state index in [-0.39, 0.29) is 4.90 Å². The average molecular weight is 318 g/mol. The lowest BCUT2D eigenvalue weighted by Gasteiger charge is -2.08. The van der Waals surface area contributed by atoms with Crippen molar-refractivity contribution in [1.29, 1.82) is 0 Å². The van der Waals surface area contributed by atoms with Gasteiger partial charge in [-0.05, 0) is 42.5 Å². The summed E-state index contributed by atoms with van der Waals surface area (Å²) in [5.41, 5.74) is 1.14. The molecule has 0 fully saturated rings. The summed E-state index contributed by atoms with van der Waals surface area (Å²) >= 11 is 0. The minimum absolute atomic E-state index is 0.133. The molecule has 1 heterocycles. The second-order valence-electron chi connectivity index (χ2n) is 4.51. The number of oxazole rings is 1. The van der Waals surface area contributed by atoms with Crippen LogP contribution in [0.15, 0.2) is 70.4 Å². The Bertz CT molecular complexity index is 875. The van der Waals surface area contributed by atoms with Gasteiger partial charge in [0.05, 0.1) is 11.1 Å². The van der Waals surface area contributed by atoms with Gasteiger partial charge >= 0.3 is 0 Å². The fraction of sp³-hybridized carbons (Fsp3) is 0. The maximum atomic E-state index is 13.1. The SMILES string of the molecule is O=S(=O)(Nc1ccc(-c2cnco2)cc1)c1cccc(F)c1. The third-order valence-electron chi connectivity index (χ3n) is 2.96. The Labute approximate surface area is 126 Å². The summed E-state index contributed by atoms with van der Waals surface area (Å²) in [6, 6.07) is 11.4. The second kappa shape index (κ2) is 5.61. The average Bonchev–Trinajstić information content (AvgIpc) is 3.02. The molecule has 7 heteroatoms. The Balaban J connectivity index is 1.84. The molecule has 0 saturated carbocycles. The number of nitrogens with zero attached hydrogens (tertiary/aromatic N) is 1. The van der Waals surface area contributed by atoms with Crippen LogP contribution in [0, 0.1) is 5.82 Å². The van der Waals surface area contributed by atoms with Crippen molar-refractivity contribution in [3.8, 4) is 11.3 Å². The van der Waals surface area contributed by atoms with E-state index in [1.54, 1.807) is 30.5 Å². The van der Waals surface area contributed by atoms with E-state index in [9.17, 15) is 12.8 Å². The van der Waals surface area contributed by atoms with Crippen molar-refractivity contribution in [3.05, 3.63) is 66.9 Å². The molecule has 0 unspecified atom stereocenters. The highest BCUT2D eigenvalue weighted by atomic mass is 32.2. The van der Waals surface area contributed by atoms with E-state index in [0.717, 1.165) is 11.6 Å². The molecule has 5 nitrogen and oxygen atoms in total. The van der Waals surface area contributed by atoms with Gasteiger partial charge in [-0.1, -0.05) is 6.07 Å². The van der Waals surface area contributed by atoms with Crippen molar-refractivity contribution in [2.75, 3.05) is 4.72 Å². The summed E-state index contributed by atoms with van der Waals surface area (Å²) in [6.45, 7) is 0. The maximum Gasteiger partial charge on any atom is 0.261 e. The lowest BCUT2D eigenvalue weighted by Crippen LogP contribution is -2.13. The van der Waals surface area contributed by atoms with Crippen molar-refractivity contribution in [3.63, 3.8) is 0 Å². The van der Waals surface area contributed by atoms with Crippen LogP contribution in [0.4, 0.5) is 10.1 Å². The zero-order valence-corrected chi connectivity index (χ0v) is 12.0. The number of hydrogen-bond donors (Lipinski definition) is 1. The fourth-order valence-corrected chi connectivity index (χ4v) is 3.00. The molecule has 0 atom stereocenters. The number of aromatic nitrogens is 1. The first-order valence-electron chi connectivity index (χ1n) is 6.32. The van der Waals surface area contributed by atoms with E-state index in [1.807, 2.05) is 0 Å². The summed E-state index contributed by atoms with van der Waals surface area (Å²) in [4.78, 5) is 3.68.